The first-order valence-electron chi connectivity index (χ1n) is 6.77. The van der Waals surface area contributed by atoms with Crippen molar-refractivity contribution in [3.63, 3.8) is 0 Å². The van der Waals surface area contributed by atoms with Crippen molar-refractivity contribution in [2.75, 3.05) is 6.61 Å². The van der Waals surface area contributed by atoms with Gasteiger partial charge in [0.15, 0.2) is 11.6 Å². The number of hydrogen-bond acceptors (Lipinski definition) is 4. The zero-order valence-electron chi connectivity index (χ0n) is 12.1. The predicted octanol–water partition coefficient (Wildman–Crippen LogP) is 3.14. The molecule has 1 N–H and O–H groups in total. The minimum Gasteiger partial charge on any atom is -0.490 e. The van der Waals surface area contributed by atoms with Crippen LogP contribution >= 0.6 is 0 Å². The van der Waals surface area contributed by atoms with Crippen molar-refractivity contribution < 1.29 is 19.0 Å². The maximum atomic E-state index is 13.7. The molecule has 0 aliphatic heterocycles. The Bertz CT molecular complexity index is 767. The molecule has 1 heterocycles. The number of halogens is 1. The van der Waals surface area contributed by atoms with Crippen LogP contribution < -0.4 is 4.74 Å². The molecule has 23 heavy (non-hydrogen) atoms. The van der Waals surface area contributed by atoms with Gasteiger partial charge in [-0.2, -0.15) is 5.26 Å². The fourth-order valence-electron chi connectivity index (χ4n) is 1.82. The van der Waals surface area contributed by atoms with Gasteiger partial charge in [-0.15, -0.1) is 0 Å². The van der Waals surface area contributed by atoms with Crippen LogP contribution in [0.15, 0.2) is 42.6 Å². The number of carboxylic acid groups (broad SMARTS) is 1. The number of aromatic nitrogens is 1. The molecule has 1 aromatic carbocycles. The third kappa shape index (κ3) is 4.64. The van der Waals surface area contributed by atoms with Crippen LogP contribution in [0.5, 0.6) is 5.75 Å². The standard InChI is InChI=1S/C17H13FN2O3/c18-14-5-4-12(10-16(14)23-8-6-17(21)22)9-13(11-19)15-3-1-2-7-20-15/h1-5,7,9-10H,6,8H2,(H,21,22). The molecule has 116 valence electrons. The fourth-order valence-corrected chi connectivity index (χ4v) is 1.82. The lowest BCUT2D eigenvalue weighted by Gasteiger charge is -2.07. The molecule has 0 spiro atoms. The Hall–Kier alpha value is -3.20. The fraction of sp³-hybridized carbons (Fsp3) is 0.118. The number of carbonyl (C=O) groups is 1. The summed E-state index contributed by atoms with van der Waals surface area (Å²) >= 11 is 0. The summed E-state index contributed by atoms with van der Waals surface area (Å²) in [7, 11) is 0. The van der Waals surface area contributed by atoms with E-state index in [0.717, 1.165) is 0 Å². The van der Waals surface area contributed by atoms with E-state index in [9.17, 15) is 14.4 Å². The van der Waals surface area contributed by atoms with Crippen molar-refractivity contribution in [3.05, 3.63) is 59.7 Å². The largest absolute Gasteiger partial charge is 0.490 e. The third-order valence-corrected chi connectivity index (χ3v) is 2.90. The highest BCUT2D eigenvalue weighted by atomic mass is 19.1. The molecule has 0 saturated carbocycles. The summed E-state index contributed by atoms with van der Waals surface area (Å²) in [6.45, 7) is -0.134. The molecule has 0 saturated heterocycles. The zero-order valence-corrected chi connectivity index (χ0v) is 12.1. The number of hydrogen-bond donors (Lipinski definition) is 1. The van der Waals surface area contributed by atoms with Gasteiger partial charge in [-0.05, 0) is 35.9 Å². The van der Waals surface area contributed by atoms with E-state index in [1.165, 1.54) is 18.2 Å². The molecule has 2 aromatic rings. The topological polar surface area (TPSA) is 83.2 Å². The Labute approximate surface area is 132 Å². The molecule has 0 bridgehead atoms. The van der Waals surface area contributed by atoms with Gasteiger partial charge in [0.05, 0.1) is 24.3 Å². The molecule has 2 rings (SSSR count). The van der Waals surface area contributed by atoms with Gasteiger partial charge < -0.3 is 9.84 Å². The van der Waals surface area contributed by atoms with E-state index < -0.39 is 11.8 Å². The molecular weight excluding hydrogens is 299 g/mol. The van der Waals surface area contributed by atoms with Crippen LogP contribution in [0, 0.1) is 17.1 Å². The maximum absolute atomic E-state index is 13.7. The summed E-state index contributed by atoms with van der Waals surface area (Å²) in [5.74, 6) is -1.68. The number of ether oxygens (including phenoxy) is 1. The Morgan fingerprint density at radius 1 is 1.39 bits per heavy atom. The number of aliphatic carboxylic acids is 1. The van der Waals surface area contributed by atoms with Gasteiger partial charge in [-0.3, -0.25) is 9.78 Å². The van der Waals surface area contributed by atoms with Crippen molar-refractivity contribution >= 4 is 17.6 Å². The molecule has 0 radical (unpaired) electrons. The maximum Gasteiger partial charge on any atom is 0.306 e. The van der Waals surface area contributed by atoms with Gasteiger partial charge in [-0.25, -0.2) is 4.39 Å². The molecule has 0 fully saturated rings. The molecule has 0 unspecified atom stereocenters. The highest BCUT2D eigenvalue weighted by molar-refractivity contribution is 5.88. The van der Waals surface area contributed by atoms with Gasteiger partial charge in [-0.1, -0.05) is 12.1 Å². The number of allylic oxidation sites excluding steroid dienone is 1. The highest BCUT2D eigenvalue weighted by Crippen LogP contribution is 2.22. The average Bonchev–Trinajstić information content (AvgIpc) is 2.55. The first-order valence-corrected chi connectivity index (χ1v) is 6.77. The normalized spacial score (nSPS) is 10.9. The minimum absolute atomic E-state index is 0.0571. The molecule has 0 atom stereocenters. The van der Waals surface area contributed by atoms with Crippen LogP contribution in [0.1, 0.15) is 17.7 Å². The predicted molar refractivity (Wildman–Crippen MR) is 81.9 cm³/mol. The van der Waals surface area contributed by atoms with Crippen LogP contribution in [0.2, 0.25) is 0 Å². The van der Waals surface area contributed by atoms with E-state index in [-0.39, 0.29) is 18.8 Å². The number of rotatable bonds is 6. The van der Waals surface area contributed by atoms with Gasteiger partial charge in [0.25, 0.3) is 0 Å². The highest BCUT2D eigenvalue weighted by Gasteiger charge is 2.07. The molecular formula is C17H13FN2O3. The lowest BCUT2D eigenvalue weighted by molar-refractivity contribution is -0.137. The Morgan fingerprint density at radius 3 is 2.87 bits per heavy atom. The van der Waals surface area contributed by atoms with Crippen LogP contribution in [0.25, 0.3) is 11.6 Å². The molecule has 1 aromatic heterocycles. The van der Waals surface area contributed by atoms with E-state index in [0.29, 0.717) is 16.8 Å². The number of nitriles is 1. The van der Waals surface area contributed by atoms with E-state index >= 15 is 0 Å². The smallest absolute Gasteiger partial charge is 0.306 e. The van der Waals surface area contributed by atoms with Crippen molar-refractivity contribution in [3.8, 4) is 11.8 Å². The second-order valence-electron chi connectivity index (χ2n) is 4.57. The average molecular weight is 312 g/mol. The first-order chi connectivity index (χ1) is 11.1. The van der Waals surface area contributed by atoms with Gasteiger partial charge in [0.2, 0.25) is 0 Å². The first kappa shape index (κ1) is 16.2. The van der Waals surface area contributed by atoms with Crippen LogP contribution in [-0.4, -0.2) is 22.7 Å². The Kier molecular flexibility index (Phi) is 5.42. The quantitative estimate of drug-likeness (QED) is 0.828. The summed E-state index contributed by atoms with van der Waals surface area (Å²) < 4.78 is 18.8. The number of carboxylic acids is 1. The molecule has 0 amide bonds. The molecule has 6 heteroatoms. The second kappa shape index (κ2) is 7.71. The lowest BCUT2D eigenvalue weighted by atomic mass is 10.1. The van der Waals surface area contributed by atoms with Crippen molar-refractivity contribution in [1.82, 2.24) is 4.98 Å². The number of benzene rings is 1. The van der Waals surface area contributed by atoms with Crippen molar-refractivity contribution in [1.29, 1.82) is 5.26 Å². The molecule has 0 aliphatic rings. The Balaban J connectivity index is 2.24. The van der Waals surface area contributed by atoms with Gasteiger partial charge >= 0.3 is 5.97 Å². The van der Waals surface area contributed by atoms with Gasteiger partial charge in [0.1, 0.15) is 6.07 Å². The summed E-state index contributed by atoms with van der Waals surface area (Å²) in [5.41, 5.74) is 1.39. The second-order valence-corrected chi connectivity index (χ2v) is 4.57. The summed E-state index contributed by atoms with van der Waals surface area (Å²) in [5, 5.41) is 17.8. The van der Waals surface area contributed by atoms with Crippen molar-refractivity contribution in [2.24, 2.45) is 0 Å². The lowest BCUT2D eigenvalue weighted by Crippen LogP contribution is -2.05. The SMILES string of the molecule is N#CC(=Cc1ccc(F)c(OCCC(=O)O)c1)c1ccccn1. The number of pyridine rings is 1. The summed E-state index contributed by atoms with van der Waals surface area (Å²) in [4.78, 5) is 14.6. The minimum atomic E-state index is -1.02. The Morgan fingerprint density at radius 2 is 2.22 bits per heavy atom. The summed E-state index contributed by atoms with van der Waals surface area (Å²) in [6.07, 6.45) is 2.91. The zero-order chi connectivity index (χ0) is 16.7. The third-order valence-electron chi connectivity index (χ3n) is 2.90. The monoisotopic (exact) mass is 312 g/mol. The van der Waals surface area contributed by atoms with Crippen LogP contribution in [-0.2, 0) is 4.79 Å². The van der Waals surface area contributed by atoms with Crippen LogP contribution in [0.3, 0.4) is 0 Å². The van der Waals surface area contributed by atoms with Gasteiger partial charge in [0, 0.05) is 6.20 Å². The van der Waals surface area contributed by atoms with E-state index in [2.05, 4.69) is 4.98 Å². The number of nitrogens with zero attached hydrogens (tertiary/aromatic N) is 2. The van der Waals surface area contributed by atoms with Crippen molar-refractivity contribution in [2.45, 2.75) is 6.42 Å². The van der Waals surface area contributed by atoms with E-state index in [1.54, 1.807) is 30.5 Å². The van der Waals surface area contributed by atoms with Crippen LogP contribution in [0.4, 0.5) is 4.39 Å². The molecule has 0 aliphatic carbocycles. The molecule has 5 nitrogen and oxygen atoms in total. The van der Waals surface area contributed by atoms with E-state index in [1.807, 2.05) is 6.07 Å². The summed E-state index contributed by atoms with van der Waals surface area (Å²) in [6, 6.07) is 11.4. The van der Waals surface area contributed by atoms with E-state index in [4.69, 9.17) is 9.84 Å².